The summed E-state index contributed by atoms with van der Waals surface area (Å²) in [4.78, 5) is 26.3. The van der Waals surface area contributed by atoms with Gasteiger partial charge in [0.25, 0.3) is 5.91 Å². The Kier molecular flexibility index (Phi) is 9.01. The average Bonchev–Trinajstić information content (AvgIpc) is 2.82. The number of nitrogens with one attached hydrogen (secondary N) is 2. The number of aromatic hydroxyl groups is 1. The van der Waals surface area contributed by atoms with Gasteiger partial charge in [-0.2, -0.15) is 5.10 Å². The van der Waals surface area contributed by atoms with Crippen molar-refractivity contribution in [2.24, 2.45) is 11.0 Å². The zero-order valence-corrected chi connectivity index (χ0v) is 21.9. The van der Waals surface area contributed by atoms with Crippen LogP contribution in [0.4, 0.5) is 0 Å². The smallest absolute Gasteiger partial charge is 0.262 e. The highest BCUT2D eigenvalue weighted by Crippen LogP contribution is 2.32. The molecule has 1 atom stereocenters. The quantitative estimate of drug-likeness (QED) is 0.246. The monoisotopic (exact) mass is 585 g/mol. The van der Waals surface area contributed by atoms with Crippen LogP contribution >= 0.6 is 31.9 Å². The van der Waals surface area contributed by atoms with E-state index in [1.54, 1.807) is 12.1 Å². The number of phenols is 1. The summed E-state index contributed by atoms with van der Waals surface area (Å²) in [6.07, 6.45) is 1.46. The van der Waals surface area contributed by atoms with E-state index < -0.39 is 17.9 Å². The number of benzene rings is 3. The lowest BCUT2D eigenvalue weighted by molar-refractivity contribution is -0.130. The highest BCUT2D eigenvalue weighted by molar-refractivity contribution is 9.11. The van der Waals surface area contributed by atoms with Crippen molar-refractivity contribution in [3.63, 3.8) is 0 Å². The summed E-state index contributed by atoms with van der Waals surface area (Å²) < 4.78 is 0.990. The first-order valence-electron chi connectivity index (χ1n) is 10.7. The average molecular weight is 587 g/mol. The molecular weight excluding hydrogens is 562 g/mol. The first-order chi connectivity index (χ1) is 16.3. The van der Waals surface area contributed by atoms with E-state index in [1.165, 1.54) is 6.21 Å². The number of hydrogen-bond donors (Lipinski definition) is 3. The first kappa shape index (κ1) is 25.6. The topological polar surface area (TPSA) is 90.8 Å². The maximum atomic E-state index is 13.4. The predicted molar refractivity (Wildman–Crippen MR) is 141 cm³/mol. The van der Waals surface area contributed by atoms with Crippen LogP contribution in [0.3, 0.4) is 0 Å². The van der Waals surface area contributed by atoms with Gasteiger partial charge < -0.3 is 10.4 Å². The lowest BCUT2D eigenvalue weighted by atomic mass is 9.89. The van der Waals surface area contributed by atoms with Crippen LogP contribution in [-0.4, -0.2) is 29.2 Å². The maximum absolute atomic E-state index is 13.4. The number of rotatable bonds is 8. The molecule has 34 heavy (non-hydrogen) atoms. The van der Waals surface area contributed by atoms with E-state index in [4.69, 9.17) is 0 Å². The van der Waals surface area contributed by atoms with E-state index in [0.29, 0.717) is 14.5 Å². The second-order valence-corrected chi connectivity index (χ2v) is 9.76. The molecule has 0 aromatic heterocycles. The van der Waals surface area contributed by atoms with Crippen molar-refractivity contribution in [3.8, 4) is 5.75 Å². The molecule has 0 bridgehead atoms. The van der Waals surface area contributed by atoms with E-state index in [-0.39, 0.29) is 17.6 Å². The van der Waals surface area contributed by atoms with Crippen molar-refractivity contribution in [2.45, 2.75) is 25.8 Å². The molecule has 0 spiro atoms. The summed E-state index contributed by atoms with van der Waals surface area (Å²) >= 11 is 6.53. The molecule has 8 heteroatoms. The number of phenolic OH excluding ortho intramolecular Hbond substituents is 1. The van der Waals surface area contributed by atoms with Gasteiger partial charge in [-0.05, 0) is 66.6 Å². The van der Waals surface area contributed by atoms with Crippen LogP contribution in [0.15, 0.2) is 86.8 Å². The predicted octanol–water partition coefficient (Wildman–Crippen LogP) is 5.34. The standard InChI is InChI=1S/C26H25Br2N3O3/c1-16(2)23(26(34)31-29-15-17-13-20(27)24(32)21(28)14-17)30-25(33)22(18-9-5-3-6-10-18)19-11-7-4-8-12-19/h3-16,22-23,32H,1-2H3,(H,30,33)(H,31,34)/b29-15-/t23-/m1/s1. The Morgan fingerprint density at radius 2 is 1.38 bits per heavy atom. The normalized spacial score (nSPS) is 12.2. The van der Waals surface area contributed by atoms with Gasteiger partial charge in [-0.25, -0.2) is 5.43 Å². The number of nitrogens with zero attached hydrogens (tertiary/aromatic N) is 1. The van der Waals surface area contributed by atoms with Gasteiger partial charge in [0.1, 0.15) is 11.8 Å². The molecule has 3 rings (SSSR count). The van der Waals surface area contributed by atoms with Crippen molar-refractivity contribution in [1.82, 2.24) is 10.7 Å². The summed E-state index contributed by atoms with van der Waals surface area (Å²) in [7, 11) is 0. The molecule has 0 saturated carbocycles. The molecule has 0 aliphatic rings. The number of carbonyl (C=O) groups excluding carboxylic acids is 2. The van der Waals surface area contributed by atoms with Gasteiger partial charge in [0.05, 0.1) is 21.1 Å². The second kappa shape index (κ2) is 11.9. The minimum atomic E-state index is -0.780. The molecule has 3 aromatic rings. The van der Waals surface area contributed by atoms with Crippen molar-refractivity contribution in [2.75, 3.05) is 0 Å². The number of hydrazone groups is 1. The molecule has 2 amide bonds. The Bertz CT molecular complexity index is 1110. The number of halogens is 2. The Balaban J connectivity index is 1.76. The molecule has 0 aliphatic heterocycles. The maximum Gasteiger partial charge on any atom is 0.262 e. The molecule has 0 fully saturated rings. The lowest BCUT2D eigenvalue weighted by Crippen LogP contribution is -2.50. The third kappa shape index (κ3) is 6.55. The van der Waals surface area contributed by atoms with E-state index in [2.05, 4.69) is 47.7 Å². The highest BCUT2D eigenvalue weighted by atomic mass is 79.9. The van der Waals surface area contributed by atoms with Crippen LogP contribution in [0.2, 0.25) is 0 Å². The summed E-state index contributed by atoms with van der Waals surface area (Å²) in [5.74, 6) is -1.32. The van der Waals surface area contributed by atoms with Crippen molar-refractivity contribution in [3.05, 3.63) is 98.4 Å². The Labute approximate surface area is 215 Å². The van der Waals surface area contributed by atoms with Gasteiger partial charge in [-0.3, -0.25) is 9.59 Å². The van der Waals surface area contributed by atoms with Crippen LogP contribution in [0.1, 0.15) is 36.5 Å². The van der Waals surface area contributed by atoms with E-state index in [0.717, 1.165) is 11.1 Å². The van der Waals surface area contributed by atoms with E-state index in [9.17, 15) is 14.7 Å². The molecule has 0 heterocycles. The fourth-order valence-electron chi connectivity index (χ4n) is 3.46. The first-order valence-corrected chi connectivity index (χ1v) is 12.3. The summed E-state index contributed by atoms with van der Waals surface area (Å²) in [5.41, 5.74) is 4.86. The summed E-state index contributed by atoms with van der Waals surface area (Å²) in [6.45, 7) is 3.73. The van der Waals surface area contributed by atoms with Gasteiger partial charge >= 0.3 is 0 Å². The SMILES string of the molecule is CC(C)[C@@H](NC(=O)C(c1ccccc1)c1ccccc1)C(=O)N/N=C\c1cc(Br)c(O)c(Br)c1. The zero-order valence-electron chi connectivity index (χ0n) is 18.7. The highest BCUT2D eigenvalue weighted by Gasteiger charge is 2.29. The van der Waals surface area contributed by atoms with Crippen LogP contribution < -0.4 is 10.7 Å². The Morgan fingerprint density at radius 1 is 0.882 bits per heavy atom. The largest absolute Gasteiger partial charge is 0.506 e. The molecular formula is C26H25Br2N3O3. The summed E-state index contributed by atoms with van der Waals surface area (Å²) in [6, 6.07) is 21.5. The molecule has 0 unspecified atom stereocenters. The van der Waals surface area contributed by atoms with Crippen LogP contribution in [0.25, 0.3) is 0 Å². The van der Waals surface area contributed by atoms with Gasteiger partial charge in [-0.1, -0.05) is 74.5 Å². The molecule has 3 N–H and O–H groups in total. The van der Waals surface area contributed by atoms with Gasteiger partial charge in [-0.15, -0.1) is 0 Å². The molecule has 176 valence electrons. The zero-order chi connectivity index (χ0) is 24.7. The lowest BCUT2D eigenvalue weighted by Gasteiger charge is -2.24. The van der Waals surface area contributed by atoms with Crippen LogP contribution in [-0.2, 0) is 9.59 Å². The summed E-state index contributed by atoms with van der Waals surface area (Å²) in [5, 5.41) is 16.8. The number of hydrogen-bond acceptors (Lipinski definition) is 4. The molecule has 3 aromatic carbocycles. The van der Waals surface area contributed by atoms with Gasteiger partial charge in [0.15, 0.2) is 0 Å². The van der Waals surface area contributed by atoms with E-state index in [1.807, 2.05) is 74.5 Å². The molecule has 0 saturated heterocycles. The Hall–Kier alpha value is -2.97. The third-order valence-corrected chi connectivity index (χ3v) is 6.41. The third-order valence-electron chi connectivity index (χ3n) is 5.20. The minimum Gasteiger partial charge on any atom is -0.506 e. The Morgan fingerprint density at radius 3 is 1.85 bits per heavy atom. The molecule has 0 radical (unpaired) electrons. The van der Waals surface area contributed by atoms with Crippen molar-refractivity contribution >= 4 is 49.9 Å². The van der Waals surface area contributed by atoms with Crippen molar-refractivity contribution < 1.29 is 14.7 Å². The second-order valence-electron chi connectivity index (χ2n) is 8.05. The van der Waals surface area contributed by atoms with Gasteiger partial charge in [0.2, 0.25) is 5.91 Å². The number of amides is 2. The van der Waals surface area contributed by atoms with Crippen molar-refractivity contribution in [1.29, 1.82) is 0 Å². The minimum absolute atomic E-state index is 0.0788. The van der Waals surface area contributed by atoms with Crippen LogP contribution in [0, 0.1) is 5.92 Å². The van der Waals surface area contributed by atoms with E-state index >= 15 is 0 Å². The fourth-order valence-corrected chi connectivity index (χ4v) is 4.68. The fraction of sp³-hybridized carbons (Fsp3) is 0.192. The molecule has 0 aliphatic carbocycles. The van der Waals surface area contributed by atoms with Crippen LogP contribution in [0.5, 0.6) is 5.75 Å². The van der Waals surface area contributed by atoms with Gasteiger partial charge in [0, 0.05) is 0 Å². The number of carbonyl (C=O) groups is 2. The molecule has 6 nitrogen and oxygen atoms in total.